The first-order chi connectivity index (χ1) is 13.5. The molecule has 0 spiro atoms. The van der Waals surface area contributed by atoms with E-state index in [0.29, 0.717) is 24.4 Å². The Hall–Kier alpha value is -2.09. The lowest BCUT2D eigenvalue weighted by Gasteiger charge is -2.26. The SMILES string of the molecule is O=C(O)[C@@H]1CCCN1C(=O)C(Sc1nc2cc(Cl)ccc2s1)c1ccccc1. The van der Waals surface area contributed by atoms with E-state index in [0.717, 1.165) is 20.1 Å². The van der Waals surface area contributed by atoms with Gasteiger partial charge in [-0.1, -0.05) is 53.7 Å². The lowest BCUT2D eigenvalue weighted by atomic mass is 10.1. The minimum atomic E-state index is -0.947. The molecule has 8 heteroatoms. The van der Waals surface area contributed by atoms with Crippen molar-refractivity contribution in [3.8, 4) is 0 Å². The van der Waals surface area contributed by atoms with Gasteiger partial charge in [0, 0.05) is 11.6 Å². The van der Waals surface area contributed by atoms with Crippen LogP contribution in [-0.4, -0.2) is 39.5 Å². The monoisotopic (exact) mass is 432 g/mol. The van der Waals surface area contributed by atoms with E-state index in [2.05, 4.69) is 4.98 Å². The molecular formula is C20H17ClN2O3S2. The second kappa shape index (κ2) is 8.11. The van der Waals surface area contributed by atoms with Gasteiger partial charge < -0.3 is 10.0 Å². The minimum absolute atomic E-state index is 0.182. The van der Waals surface area contributed by atoms with Gasteiger partial charge in [0.2, 0.25) is 5.91 Å². The number of nitrogens with zero attached hydrogens (tertiary/aromatic N) is 2. The summed E-state index contributed by atoms with van der Waals surface area (Å²) in [6, 6.07) is 14.2. The number of carboxylic acid groups (broad SMARTS) is 1. The number of rotatable bonds is 5. The molecule has 0 bridgehead atoms. The standard InChI is InChI=1S/C20H17ClN2O3S2/c21-13-8-9-16-14(11-13)22-20(27-16)28-17(12-5-2-1-3-6-12)18(24)23-10-4-7-15(23)19(25)26/h1-3,5-6,8-9,11,15,17H,4,7,10H2,(H,25,26)/t15-,17?/m0/s1. The lowest BCUT2D eigenvalue weighted by molar-refractivity contribution is -0.148. The third kappa shape index (κ3) is 3.87. The van der Waals surface area contributed by atoms with Gasteiger partial charge in [0.1, 0.15) is 11.3 Å². The number of likely N-dealkylation sites (tertiary alicyclic amines) is 1. The highest BCUT2D eigenvalue weighted by molar-refractivity contribution is 8.02. The molecule has 1 N–H and O–H groups in total. The van der Waals surface area contributed by atoms with Crippen LogP contribution < -0.4 is 0 Å². The van der Waals surface area contributed by atoms with E-state index >= 15 is 0 Å². The number of benzene rings is 2. The van der Waals surface area contributed by atoms with E-state index < -0.39 is 17.3 Å². The summed E-state index contributed by atoms with van der Waals surface area (Å²) in [6.45, 7) is 0.467. The predicted molar refractivity (Wildman–Crippen MR) is 112 cm³/mol. The molecule has 28 heavy (non-hydrogen) atoms. The Morgan fingerprint density at radius 1 is 1.25 bits per heavy atom. The fourth-order valence-electron chi connectivity index (χ4n) is 3.36. The molecule has 2 heterocycles. The van der Waals surface area contributed by atoms with Gasteiger partial charge in [-0.05, 0) is 36.6 Å². The number of hydrogen-bond acceptors (Lipinski definition) is 5. The van der Waals surface area contributed by atoms with Crippen molar-refractivity contribution in [2.24, 2.45) is 0 Å². The lowest BCUT2D eigenvalue weighted by Crippen LogP contribution is -2.42. The summed E-state index contributed by atoms with van der Waals surface area (Å²) in [5.41, 5.74) is 1.63. The number of aliphatic carboxylic acids is 1. The van der Waals surface area contributed by atoms with Gasteiger partial charge in [-0.25, -0.2) is 9.78 Å². The number of amides is 1. The molecule has 1 amide bonds. The van der Waals surface area contributed by atoms with Gasteiger partial charge in [-0.15, -0.1) is 11.3 Å². The van der Waals surface area contributed by atoms with Crippen LogP contribution in [0.1, 0.15) is 23.7 Å². The maximum absolute atomic E-state index is 13.3. The fraction of sp³-hybridized carbons (Fsp3) is 0.250. The van der Waals surface area contributed by atoms with Crippen molar-refractivity contribution in [1.82, 2.24) is 9.88 Å². The van der Waals surface area contributed by atoms with Crippen molar-refractivity contribution in [3.05, 3.63) is 59.1 Å². The van der Waals surface area contributed by atoms with E-state index in [1.54, 1.807) is 6.07 Å². The van der Waals surface area contributed by atoms with Gasteiger partial charge in [-0.2, -0.15) is 0 Å². The molecule has 1 fully saturated rings. The van der Waals surface area contributed by atoms with Crippen molar-refractivity contribution < 1.29 is 14.7 Å². The maximum Gasteiger partial charge on any atom is 0.326 e. The number of fused-ring (bicyclic) bond motifs is 1. The Morgan fingerprint density at radius 2 is 2.04 bits per heavy atom. The molecule has 3 aromatic rings. The highest BCUT2D eigenvalue weighted by Gasteiger charge is 2.38. The summed E-state index contributed by atoms with van der Waals surface area (Å²) >= 11 is 8.92. The molecule has 1 saturated heterocycles. The van der Waals surface area contributed by atoms with Crippen molar-refractivity contribution in [2.75, 3.05) is 6.54 Å². The zero-order valence-electron chi connectivity index (χ0n) is 14.7. The molecule has 144 valence electrons. The third-order valence-corrected chi connectivity index (χ3v) is 7.30. The number of carboxylic acids is 1. The largest absolute Gasteiger partial charge is 0.480 e. The topological polar surface area (TPSA) is 70.5 Å². The normalized spacial score (nSPS) is 17.8. The number of thioether (sulfide) groups is 1. The Bertz CT molecular complexity index is 1020. The number of carbonyl (C=O) groups excluding carboxylic acids is 1. The summed E-state index contributed by atoms with van der Waals surface area (Å²) in [4.78, 5) is 31.0. The maximum atomic E-state index is 13.3. The fourth-order valence-corrected chi connectivity index (χ4v) is 5.83. The van der Waals surface area contributed by atoms with Gasteiger partial charge in [-0.3, -0.25) is 4.79 Å². The summed E-state index contributed by atoms with van der Waals surface area (Å²) in [7, 11) is 0. The van der Waals surface area contributed by atoms with Crippen LogP contribution in [0.4, 0.5) is 0 Å². The predicted octanol–water partition coefficient (Wildman–Crippen LogP) is 4.86. The smallest absolute Gasteiger partial charge is 0.326 e. The molecular weight excluding hydrogens is 416 g/mol. The molecule has 4 rings (SSSR count). The summed E-state index contributed by atoms with van der Waals surface area (Å²) in [6.07, 6.45) is 1.20. The van der Waals surface area contributed by atoms with Crippen LogP contribution in [0.2, 0.25) is 5.02 Å². The Morgan fingerprint density at radius 3 is 2.79 bits per heavy atom. The average Bonchev–Trinajstić information content (AvgIpc) is 3.32. The van der Waals surface area contributed by atoms with Crippen molar-refractivity contribution in [2.45, 2.75) is 28.5 Å². The minimum Gasteiger partial charge on any atom is -0.480 e. The zero-order chi connectivity index (χ0) is 19.7. The Balaban J connectivity index is 1.67. The Labute approximate surface area is 175 Å². The summed E-state index contributed by atoms with van der Waals surface area (Å²) in [5, 5.41) is 9.55. The number of thiazole rings is 1. The first kappa shape index (κ1) is 19.2. The van der Waals surface area contributed by atoms with Crippen LogP contribution in [0, 0.1) is 0 Å². The molecule has 1 aromatic heterocycles. The van der Waals surface area contributed by atoms with E-state index in [9.17, 15) is 14.7 Å². The summed E-state index contributed by atoms with van der Waals surface area (Å²) < 4.78 is 1.75. The van der Waals surface area contributed by atoms with E-state index in [1.807, 2.05) is 42.5 Å². The molecule has 1 unspecified atom stereocenters. The molecule has 0 radical (unpaired) electrons. The van der Waals surface area contributed by atoms with Crippen molar-refractivity contribution >= 4 is 56.8 Å². The molecule has 0 aliphatic carbocycles. The molecule has 0 saturated carbocycles. The zero-order valence-corrected chi connectivity index (χ0v) is 17.1. The van der Waals surface area contributed by atoms with E-state index in [1.165, 1.54) is 28.0 Å². The van der Waals surface area contributed by atoms with Crippen molar-refractivity contribution in [1.29, 1.82) is 0 Å². The highest BCUT2D eigenvalue weighted by atomic mass is 35.5. The molecule has 1 aliphatic rings. The van der Waals surface area contributed by atoms with Gasteiger partial charge >= 0.3 is 5.97 Å². The average molecular weight is 433 g/mol. The second-order valence-electron chi connectivity index (χ2n) is 6.53. The van der Waals surface area contributed by atoms with Gasteiger partial charge in [0.25, 0.3) is 0 Å². The first-order valence-corrected chi connectivity index (χ1v) is 10.9. The quantitative estimate of drug-likeness (QED) is 0.583. The van der Waals surface area contributed by atoms with Gasteiger partial charge in [0.05, 0.1) is 10.2 Å². The number of halogens is 1. The van der Waals surface area contributed by atoms with Crippen LogP contribution in [0.5, 0.6) is 0 Å². The van der Waals surface area contributed by atoms with E-state index in [-0.39, 0.29) is 5.91 Å². The van der Waals surface area contributed by atoms with Crippen LogP contribution in [0.15, 0.2) is 52.9 Å². The highest BCUT2D eigenvalue weighted by Crippen LogP contribution is 2.41. The van der Waals surface area contributed by atoms with Crippen molar-refractivity contribution in [3.63, 3.8) is 0 Å². The molecule has 2 atom stereocenters. The van der Waals surface area contributed by atoms with Crippen LogP contribution in [0.3, 0.4) is 0 Å². The van der Waals surface area contributed by atoms with Crippen LogP contribution >= 0.6 is 34.7 Å². The summed E-state index contributed by atoms with van der Waals surface area (Å²) in [5.74, 6) is -1.13. The third-order valence-electron chi connectivity index (χ3n) is 4.70. The van der Waals surface area contributed by atoms with E-state index in [4.69, 9.17) is 11.6 Å². The number of hydrogen-bond donors (Lipinski definition) is 1. The van der Waals surface area contributed by atoms with Crippen LogP contribution in [0.25, 0.3) is 10.2 Å². The molecule has 1 aliphatic heterocycles. The van der Waals surface area contributed by atoms with Crippen LogP contribution in [-0.2, 0) is 9.59 Å². The number of carbonyl (C=O) groups is 2. The number of aromatic nitrogens is 1. The molecule has 2 aromatic carbocycles. The Kier molecular flexibility index (Phi) is 5.57. The second-order valence-corrected chi connectivity index (χ2v) is 9.35. The first-order valence-electron chi connectivity index (χ1n) is 8.84. The van der Waals surface area contributed by atoms with Gasteiger partial charge in [0.15, 0.2) is 4.34 Å². The molecule has 5 nitrogen and oxygen atoms in total.